The van der Waals surface area contributed by atoms with Crippen LogP contribution in [0, 0.1) is 6.92 Å². The van der Waals surface area contributed by atoms with Crippen molar-refractivity contribution < 1.29 is 23.1 Å². The second kappa shape index (κ2) is 7.19. The average molecular weight is 314 g/mol. The molecule has 0 spiro atoms. The first-order valence-electron chi connectivity index (χ1n) is 6.32. The van der Waals surface area contributed by atoms with Crippen molar-refractivity contribution in [2.45, 2.75) is 37.1 Å². The summed E-state index contributed by atoms with van der Waals surface area (Å²) in [7, 11) is -3.92. The number of carboxylic acid groups (broad SMARTS) is 1. The number of primary amides is 1. The molecule has 1 aromatic rings. The molecule has 0 unspecified atom stereocenters. The van der Waals surface area contributed by atoms with Gasteiger partial charge in [-0.2, -0.15) is 4.72 Å². The Bertz CT molecular complexity index is 610. The van der Waals surface area contributed by atoms with Gasteiger partial charge in [0.1, 0.15) is 6.04 Å². The highest BCUT2D eigenvalue weighted by atomic mass is 32.2. The number of hydrogen-bond acceptors (Lipinski definition) is 4. The van der Waals surface area contributed by atoms with Crippen molar-refractivity contribution in [3.63, 3.8) is 0 Å². The molecular weight excluding hydrogens is 296 g/mol. The zero-order chi connectivity index (χ0) is 16.0. The molecule has 21 heavy (non-hydrogen) atoms. The molecule has 116 valence electrons. The molecule has 0 radical (unpaired) electrons. The topological polar surface area (TPSA) is 127 Å². The minimum Gasteiger partial charge on any atom is -0.480 e. The summed E-state index contributed by atoms with van der Waals surface area (Å²) in [6.45, 7) is 1.81. The van der Waals surface area contributed by atoms with E-state index in [2.05, 4.69) is 4.72 Å². The lowest BCUT2D eigenvalue weighted by atomic mass is 10.1. The third-order valence-electron chi connectivity index (χ3n) is 2.84. The van der Waals surface area contributed by atoms with E-state index in [9.17, 15) is 18.0 Å². The number of nitrogens with one attached hydrogen (secondary N) is 1. The van der Waals surface area contributed by atoms with Crippen molar-refractivity contribution >= 4 is 21.9 Å². The van der Waals surface area contributed by atoms with Crippen LogP contribution < -0.4 is 10.5 Å². The summed E-state index contributed by atoms with van der Waals surface area (Å²) in [5.41, 5.74) is 5.86. The largest absolute Gasteiger partial charge is 0.480 e. The van der Waals surface area contributed by atoms with Gasteiger partial charge >= 0.3 is 5.97 Å². The van der Waals surface area contributed by atoms with E-state index in [4.69, 9.17) is 10.8 Å². The van der Waals surface area contributed by atoms with E-state index in [-0.39, 0.29) is 24.2 Å². The molecule has 0 fully saturated rings. The Morgan fingerprint density at radius 2 is 1.86 bits per heavy atom. The van der Waals surface area contributed by atoms with Crippen LogP contribution in [0.3, 0.4) is 0 Å². The van der Waals surface area contributed by atoms with Crippen LogP contribution in [0.2, 0.25) is 0 Å². The van der Waals surface area contributed by atoms with Crippen molar-refractivity contribution in [1.29, 1.82) is 0 Å². The third kappa shape index (κ3) is 5.52. The van der Waals surface area contributed by atoms with E-state index >= 15 is 0 Å². The third-order valence-corrected chi connectivity index (χ3v) is 4.33. The van der Waals surface area contributed by atoms with Crippen LogP contribution in [0.1, 0.15) is 24.8 Å². The fourth-order valence-corrected chi connectivity index (χ4v) is 2.91. The van der Waals surface area contributed by atoms with Crippen molar-refractivity contribution in [3.8, 4) is 0 Å². The minimum atomic E-state index is -3.92. The summed E-state index contributed by atoms with van der Waals surface area (Å²) in [6, 6.07) is 4.75. The predicted molar refractivity (Wildman–Crippen MR) is 76.0 cm³/mol. The first-order chi connectivity index (χ1) is 9.72. The Balaban J connectivity index is 2.79. The van der Waals surface area contributed by atoms with E-state index in [0.717, 1.165) is 5.56 Å². The van der Waals surface area contributed by atoms with Crippen LogP contribution in [0.15, 0.2) is 29.2 Å². The fraction of sp³-hybridized carbons (Fsp3) is 0.385. The highest BCUT2D eigenvalue weighted by Crippen LogP contribution is 2.12. The van der Waals surface area contributed by atoms with Gasteiger partial charge in [-0.3, -0.25) is 9.59 Å². The molecule has 8 heteroatoms. The standard InChI is InChI=1S/C13H18N2O5S/c1-9-5-7-10(8-6-9)21(19,20)15-11(13(17)18)3-2-4-12(14)16/h5-8,11,15H,2-4H2,1H3,(H2,14,16)(H,17,18)/t11-/m1/s1. The van der Waals surface area contributed by atoms with Gasteiger partial charge in [0.15, 0.2) is 0 Å². The Kier molecular flexibility index (Phi) is 5.86. The van der Waals surface area contributed by atoms with Gasteiger partial charge in [0, 0.05) is 6.42 Å². The molecule has 7 nitrogen and oxygen atoms in total. The van der Waals surface area contributed by atoms with Gasteiger partial charge in [0.2, 0.25) is 15.9 Å². The number of nitrogens with two attached hydrogens (primary N) is 1. The zero-order valence-corrected chi connectivity index (χ0v) is 12.4. The number of carbonyl (C=O) groups excluding carboxylic acids is 1. The molecule has 1 atom stereocenters. The van der Waals surface area contributed by atoms with Crippen LogP contribution in [-0.2, 0) is 19.6 Å². The summed E-state index contributed by atoms with van der Waals surface area (Å²) in [4.78, 5) is 21.7. The van der Waals surface area contributed by atoms with E-state index in [1.807, 2.05) is 6.92 Å². The number of rotatable bonds is 8. The molecule has 0 aliphatic heterocycles. The molecule has 1 aromatic carbocycles. The second-order valence-electron chi connectivity index (χ2n) is 4.68. The molecule has 0 saturated carbocycles. The van der Waals surface area contributed by atoms with Gasteiger partial charge in [-0.05, 0) is 31.9 Å². The molecule has 0 aromatic heterocycles. The van der Waals surface area contributed by atoms with Gasteiger partial charge in [-0.15, -0.1) is 0 Å². The van der Waals surface area contributed by atoms with Gasteiger partial charge < -0.3 is 10.8 Å². The number of carboxylic acids is 1. The van der Waals surface area contributed by atoms with Crippen LogP contribution in [0.25, 0.3) is 0 Å². The molecule has 0 aliphatic carbocycles. The van der Waals surface area contributed by atoms with Crippen molar-refractivity contribution in [3.05, 3.63) is 29.8 Å². The highest BCUT2D eigenvalue weighted by molar-refractivity contribution is 7.89. The number of hydrogen-bond donors (Lipinski definition) is 3. The van der Waals surface area contributed by atoms with Gasteiger partial charge in [0.25, 0.3) is 0 Å². The molecule has 0 aliphatic rings. The Labute approximate surface area is 123 Å². The van der Waals surface area contributed by atoms with Gasteiger partial charge in [-0.1, -0.05) is 17.7 Å². The van der Waals surface area contributed by atoms with Crippen molar-refractivity contribution in [2.75, 3.05) is 0 Å². The Morgan fingerprint density at radius 3 is 2.33 bits per heavy atom. The number of sulfonamides is 1. The monoisotopic (exact) mass is 314 g/mol. The van der Waals surface area contributed by atoms with Crippen LogP contribution in [0.4, 0.5) is 0 Å². The molecule has 1 amide bonds. The summed E-state index contributed by atoms with van der Waals surface area (Å²) in [6.07, 6.45) is 0.197. The van der Waals surface area contributed by atoms with E-state index < -0.39 is 27.9 Å². The second-order valence-corrected chi connectivity index (χ2v) is 6.40. The first-order valence-corrected chi connectivity index (χ1v) is 7.81. The SMILES string of the molecule is Cc1ccc(S(=O)(=O)N[C@H](CCCC(N)=O)C(=O)O)cc1. The first kappa shape index (κ1) is 17.1. The predicted octanol–water partition coefficient (Wildman–Crippen LogP) is 0.382. The van der Waals surface area contributed by atoms with E-state index in [1.165, 1.54) is 12.1 Å². The van der Waals surface area contributed by atoms with E-state index in [0.29, 0.717) is 0 Å². The molecule has 4 N–H and O–H groups in total. The number of benzene rings is 1. The summed E-state index contributed by atoms with van der Waals surface area (Å²) in [5.74, 6) is -1.85. The summed E-state index contributed by atoms with van der Waals surface area (Å²) in [5, 5.41) is 9.05. The van der Waals surface area contributed by atoms with Crippen LogP contribution in [0.5, 0.6) is 0 Å². The Hall–Kier alpha value is -1.93. The lowest BCUT2D eigenvalue weighted by Crippen LogP contribution is -2.40. The maximum absolute atomic E-state index is 12.1. The van der Waals surface area contributed by atoms with Gasteiger partial charge in [0.05, 0.1) is 4.90 Å². The molecular formula is C13H18N2O5S. The summed E-state index contributed by atoms with van der Waals surface area (Å²) >= 11 is 0. The van der Waals surface area contributed by atoms with Crippen LogP contribution >= 0.6 is 0 Å². The molecule has 1 rings (SSSR count). The van der Waals surface area contributed by atoms with Crippen LogP contribution in [-0.4, -0.2) is 31.4 Å². The quantitative estimate of drug-likeness (QED) is 0.639. The van der Waals surface area contributed by atoms with Crippen molar-refractivity contribution in [2.24, 2.45) is 5.73 Å². The number of aryl methyl sites for hydroxylation is 1. The Morgan fingerprint density at radius 1 is 1.29 bits per heavy atom. The minimum absolute atomic E-state index is 0.00532. The zero-order valence-electron chi connectivity index (χ0n) is 11.6. The molecule has 0 saturated heterocycles. The number of amides is 1. The van der Waals surface area contributed by atoms with Gasteiger partial charge in [-0.25, -0.2) is 8.42 Å². The maximum Gasteiger partial charge on any atom is 0.321 e. The fourth-order valence-electron chi connectivity index (χ4n) is 1.69. The maximum atomic E-state index is 12.1. The van der Waals surface area contributed by atoms with E-state index in [1.54, 1.807) is 12.1 Å². The summed E-state index contributed by atoms with van der Waals surface area (Å²) < 4.78 is 26.3. The highest BCUT2D eigenvalue weighted by Gasteiger charge is 2.25. The normalized spacial score (nSPS) is 12.8. The number of carbonyl (C=O) groups is 2. The average Bonchev–Trinajstić information content (AvgIpc) is 2.37. The smallest absolute Gasteiger partial charge is 0.321 e. The molecule has 0 heterocycles. The molecule has 0 bridgehead atoms. The van der Waals surface area contributed by atoms with Crippen molar-refractivity contribution in [1.82, 2.24) is 4.72 Å². The number of aliphatic carboxylic acids is 1. The lowest BCUT2D eigenvalue weighted by Gasteiger charge is -2.14. The lowest BCUT2D eigenvalue weighted by molar-refractivity contribution is -0.139.